The Bertz CT molecular complexity index is 1130. The topological polar surface area (TPSA) is 76.5 Å². The summed E-state index contributed by atoms with van der Waals surface area (Å²) in [5, 5.41) is 3.65. The van der Waals surface area contributed by atoms with E-state index in [1.807, 2.05) is 26.0 Å². The van der Waals surface area contributed by atoms with Crippen molar-refractivity contribution in [1.82, 2.24) is 19.8 Å². The number of nitrogens with zero attached hydrogens (tertiary/aromatic N) is 3. The Labute approximate surface area is 185 Å². The van der Waals surface area contributed by atoms with Crippen molar-refractivity contribution in [2.75, 3.05) is 26.7 Å². The molecule has 1 atom stereocenters. The van der Waals surface area contributed by atoms with Gasteiger partial charge >= 0.3 is 0 Å². The van der Waals surface area contributed by atoms with E-state index < -0.39 is 0 Å². The predicted molar refractivity (Wildman–Crippen MR) is 123 cm³/mol. The fourth-order valence-corrected chi connectivity index (χ4v) is 5.13. The Balaban J connectivity index is 1.47. The zero-order valence-electron chi connectivity index (χ0n) is 18.2. The number of carbonyl (C=O) groups is 1. The maximum atomic E-state index is 12.9. The summed E-state index contributed by atoms with van der Waals surface area (Å²) in [6.45, 7) is 6.40. The third-order valence-electron chi connectivity index (χ3n) is 6.04. The van der Waals surface area contributed by atoms with Gasteiger partial charge in [-0.15, -0.1) is 11.3 Å². The van der Waals surface area contributed by atoms with E-state index in [4.69, 9.17) is 4.74 Å². The largest absolute Gasteiger partial charge is 0.497 e. The lowest BCUT2D eigenvalue weighted by molar-refractivity contribution is -0.122. The van der Waals surface area contributed by atoms with Crippen LogP contribution in [0.4, 0.5) is 0 Å². The van der Waals surface area contributed by atoms with Crippen molar-refractivity contribution in [2.24, 2.45) is 0 Å². The van der Waals surface area contributed by atoms with E-state index in [0.29, 0.717) is 11.9 Å². The molecule has 0 aliphatic carbocycles. The van der Waals surface area contributed by atoms with Gasteiger partial charge in [-0.1, -0.05) is 12.1 Å². The number of aromatic nitrogens is 2. The molecule has 1 N–H and O–H groups in total. The molecule has 1 saturated heterocycles. The van der Waals surface area contributed by atoms with Gasteiger partial charge in [-0.25, -0.2) is 4.98 Å². The monoisotopic (exact) mass is 440 g/mol. The van der Waals surface area contributed by atoms with Crippen molar-refractivity contribution >= 4 is 27.5 Å². The highest BCUT2D eigenvalue weighted by molar-refractivity contribution is 7.18. The first-order chi connectivity index (χ1) is 15.0. The third-order valence-corrected chi connectivity index (χ3v) is 7.16. The zero-order chi connectivity index (χ0) is 22.0. The second kappa shape index (κ2) is 9.20. The van der Waals surface area contributed by atoms with Crippen LogP contribution in [0, 0.1) is 13.8 Å². The first-order valence-corrected chi connectivity index (χ1v) is 11.4. The van der Waals surface area contributed by atoms with E-state index in [1.54, 1.807) is 7.11 Å². The molecule has 1 aromatic carbocycles. The zero-order valence-corrected chi connectivity index (χ0v) is 19.0. The predicted octanol–water partition coefficient (Wildman–Crippen LogP) is 3.04. The maximum absolute atomic E-state index is 12.9. The van der Waals surface area contributed by atoms with Crippen LogP contribution >= 0.6 is 11.3 Å². The number of hydrogen-bond acceptors (Lipinski definition) is 6. The molecule has 1 aliphatic heterocycles. The van der Waals surface area contributed by atoms with Gasteiger partial charge in [0.15, 0.2) is 0 Å². The Kier molecular flexibility index (Phi) is 6.38. The van der Waals surface area contributed by atoms with Crippen LogP contribution < -0.4 is 15.6 Å². The molecule has 7 nitrogen and oxygen atoms in total. The number of rotatable bonds is 7. The molecule has 31 heavy (non-hydrogen) atoms. The lowest BCUT2D eigenvalue weighted by atomic mass is 10.1. The van der Waals surface area contributed by atoms with Crippen molar-refractivity contribution in [3.8, 4) is 5.75 Å². The number of thiophene rings is 1. The van der Waals surface area contributed by atoms with Crippen LogP contribution in [0.2, 0.25) is 0 Å². The van der Waals surface area contributed by atoms with Gasteiger partial charge < -0.3 is 10.1 Å². The van der Waals surface area contributed by atoms with E-state index in [2.05, 4.69) is 27.3 Å². The summed E-state index contributed by atoms with van der Waals surface area (Å²) in [6.07, 6.45) is 3.81. The Morgan fingerprint density at radius 2 is 1.94 bits per heavy atom. The minimum atomic E-state index is -0.189. The Morgan fingerprint density at radius 3 is 2.61 bits per heavy atom. The van der Waals surface area contributed by atoms with E-state index >= 15 is 0 Å². The van der Waals surface area contributed by atoms with E-state index in [-0.39, 0.29) is 24.1 Å². The molecule has 2 aromatic heterocycles. The van der Waals surface area contributed by atoms with Gasteiger partial charge in [-0.05, 0) is 63.0 Å². The van der Waals surface area contributed by atoms with Crippen LogP contribution in [-0.2, 0) is 11.3 Å². The number of aryl methyl sites for hydroxylation is 2. The lowest BCUT2D eigenvalue weighted by Gasteiger charge is -2.28. The molecule has 0 unspecified atom stereocenters. The lowest BCUT2D eigenvalue weighted by Crippen LogP contribution is -2.39. The van der Waals surface area contributed by atoms with Crippen LogP contribution in [-0.4, -0.2) is 47.1 Å². The summed E-state index contributed by atoms with van der Waals surface area (Å²) < 4.78 is 6.67. The first kappa shape index (κ1) is 21.5. The smallest absolute Gasteiger partial charge is 0.262 e. The SMILES string of the molecule is COc1ccc([C@@H](CNC(=O)Cn2cnc3sc(C)c(C)c3c2=O)N2CCCC2)cc1. The Morgan fingerprint density at radius 1 is 1.23 bits per heavy atom. The number of ether oxygens (including phenoxy) is 1. The van der Waals surface area contributed by atoms with Gasteiger partial charge in [0.2, 0.25) is 5.91 Å². The molecule has 1 aliphatic rings. The summed E-state index contributed by atoms with van der Waals surface area (Å²) in [5.74, 6) is 0.625. The number of methoxy groups -OCH3 is 1. The van der Waals surface area contributed by atoms with Gasteiger partial charge in [-0.3, -0.25) is 19.1 Å². The summed E-state index contributed by atoms with van der Waals surface area (Å²) in [7, 11) is 1.65. The van der Waals surface area contributed by atoms with Gasteiger partial charge in [0, 0.05) is 11.4 Å². The fraction of sp³-hybridized carbons (Fsp3) is 0.435. The minimum absolute atomic E-state index is 0.0363. The summed E-state index contributed by atoms with van der Waals surface area (Å²) in [5.41, 5.74) is 1.93. The molecule has 1 amide bonds. The standard InChI is InChI=1S/C23H28N4O3S/c1-15-16(2)31-22-21(15)23(29)27(14-25-22)13-20(28)24-12-19(26-10-4-5-11-26)17-6-8-18(30-3)9-7-17/h6-9,14,19H,4-5,10-13H2,1-3H3,(H,24,28)/t19-/m1/s1. The highest BCUT2D eigenvalue weighted by Gasteiger charge is 2.24. The maximum Gasteiger partial charge on any atom is 0.262 e. The van der Waals surface area contributed by atoms with E-state index in [9.17, 15) is 9.59 Å². The molecular weight excluding hydrogens is 412 g/mol. The number of amides is 1. The number of benzene rings is 1. The number of fused-ring (bicyclic) bond motifs is 1. The average molecular weight is 441 g/mol. The van der Waals surface area contributed by atoms with Crippen LogP contribution in [0.1, 0.15) is 34.9 Å². The Hall–Kier alpha value is -2.71. The molecular formula is C23H28N4O3S. The van der Waals surface area contributed by atoms with Crippen LogP contribution in [0.15, 0.2) is 35.4 Å². The highest BCUT2D eigenvalue weighted by Crippen LogP contribution is 2.27. The molecule has 8 heteroatoms. The minimum Gasteiger partial charge on any atom is -0.497 e. The number of hydrogen-bond donors (Lipinski definition) is 1. The third kappa shape index (κ3) is 4.50. The summed E-state index contributed by atoms with van der Waals surface area (Å²) in [4.78, 5) is 34.2. The average Bonchev–Trinajstić information content (AvgIpc) is 3.40. The van der Waals surface area contributed by atoms with E-state index in [1.165, 1.54) is 35.1 Å². The molecule has 3 heterocycles. The van der Waals surface area contributed by atoms with Gasteiger partial charge in [0.25, 0.3) is 5.56 Å². The van der Waals surface area contributed by atoms with Gasteiger partial charge in [0.05, 0.1) is 24.9 Å². The number of likely N-dealkylation sites (tertiary alicyclic amines) is 1. The molecule has 0 radical (unpaired) electrons. The molecule has 0 saturated carbocycles. The van der Waals surface area contributed by atoms with Crippen LogP contribution in [0.3, 0.4) is 0 Å². The quantitative estimate of drug-likeness (QED) is 0.611. The molecule has 0 bridgehead atoms. The van der Waals surface area contributed by atoms with Gasteiger partial charge in [0.1, 0.15) is 17.1 Å². The van der Waals surface area contributed by atoms with Crippen LogP contribution in [0.25, 0.3) is 10.2 Å². The van der Waals surface area contributed by atoms with Crippen molar-refractivity contribution in [3.05, 3.63) is 57.0 Å². The number of carbonyl (C=O) groups excluding carboxylic acids is 1. The first-order valence-electron chi connectivity index (χ1n) is 10.6. The molecule has 0 spiro atoms. The fourth-order valence-electron chi connectivity index (χ4n) is 4.14. The van der Waals surface area contributed by atoms with Gasteiger partial charge in [-0.2, -0.15) is 0 Å². The normalized spacial score (nSPS) is 15.3. The molecule has 1 fully saturated rings. The van der Waals surface area contributed by atoms with Crippen molar-refractivity contribution in [3.63, 3.8) is 0 Å². The highest BCUT2D eigenvalue weighted by atomic mass is 32.1. The molecule has 3 aromatic rings. The van der Waals surface area contributed by atoms with Crippen molar-refractivity contribution in [1.29, 1.82) is 0 Å². The second-order valence-electron chi connectivity index (χ2n) is 7.98. The number of nitrogens with one attached hydrogen (secondary N) is 1. The molecule has 4 rings (SSSR count). The van der Waals surface area contributed by atoms with Crippen molar-refractivity contribution in [2.45, 2.75) is 39.3 Å². The summed E-state index contributed by atoms with van der Waals surface area (Å²) >= 11 is 1.51. The van der Waals surface area contributed by atoms with E-state index in [0.717, 1.165) is 39.7 Å². The van der Waals surface area contributed by atoms with Crippen LogP contribution in [0.5, 0.6) is 5.75 Å². The second-order valence-corrected chi connectivity index (χ2v) is 9.18. The summed E-state index contributed by atoms with van der Waals surface area (Å²) in [6, 6.07) is 8.10. The van der Waals surface area contributed by atoms with Crippen molar-refractivity contribution < 1.29 is 9.53 Å². The molecule has 164 valence electrons.